The normalized spacial score (nSPS) is 13.1. The topological polar surface area (TPSA) is 50.8 Å². The summed E-state index contributed by atoms with van der Waals surface area (Å²) >= 11 is 0. The maximum absolute atomic E-state index is 9.33. The molecule has 2 aromatic carbocycles. The van der Waals surface area contributed by atoms with Crippen molar-refractivity contribution in [2.24, 2.45) is 0 Å². The zero-order chi connectivity index (χ0) is 14.7. The van der Waals surface area contributed by atoms with E-state index >= 15 is 0 Å². The molecule has 0 aliphatic carbocycles. The van der Waals surface area contributed by atoms with E-state index < -0.39 is 0 Å². The Morgan fingerprint density at radius 2 is 1.71 bits per heavy atom. The van der Waals surface area contributed by atoms with Gasteiger partial charge in [0.2, 0.25) is 0 Å². The lowest BCUT2D eigenvalue weighted by atomic mass is 9.97. The van der Waals surface area contributed by atoms with Gasteiger partial charge in [0, 0.05) is 13.1 Å². The Labute approximate surface area is 124 Å². The fourth-order valence-electron chi connectivity index (χ4n) is 2.65. The van der Waals surface area contributed by atoms with Crippen LogP contribution < -0.4 is 4.90 Å². The van der Waals surface area contributed by atoms with Crippen molar-refractivity contribution in [2.45, 2.75) is 12.8 Å². The minimum absolute atomic E-state index is 0.674. The first-order chi connectivity index (χ1) is 10.3. The predicted octanol–water partition coefficient (Wildman–Crippen LogP) is 3.23. The van der Waals surface area contributed by atoms with Crippen LogP contribution in [0.1, 0.15) is 28.7 Å². The van der Waals surface area contributed by atoms with E-state index in [1.54, 1.807) is 0 Å². The number of hydrogen-bond acceptors (Lipinski definition) is 3. The third-order valence-electron chi connectivity index (χ3n) is 3.89. The van der Waals surface area contributed by atoms with Crippen molar-refractivity contribution in [1.29, 1.82) is 10.5 Å². The number of nitrogens with zero attached hydrogens (tertiary/aromatic N) is 3. The SMILES string of the molecule is N#Cc1ccc(Cc2cccc(C#N)c2N2CCC2)cc1. The summed E-state index contributed by atoms with van der Waals surface area (Å²) in [6.07, 6.45) is 1.98. The number of hydrogen-bond donors (Lipinski definition) is 0. The minimum atomic E-state index is 0.674. The largest absolute Gasteiger partial charge is 0.370 e. The number of nitriles is 2. The summed E-state index contributed by atoms with van der Waals surface area (Å²) in [7, 11) is 0. The van der Waals surface area contributed by atoms with Gasteiger partial charge in [-0.2, -0.15) is 10.5 Å². The number of anilines is 1. The molecule has 0 saturated carbocycles. The van der Waals surface area contributed by atoms with Crippen LogP contribution in [0.15, 0.2) is 42.5 Å². The molecular weight excluding hydrogens is 258 g/mol. The average Bonchev–Trinajstić information content (AvgIpc) is 2.48. The van der Waals surface area contributed by atoms with E-state index in [9.17, 15) is 5.26 Å². The second kappa shape index (κ2) is 5.69. The van der Waals surface area contributed by atoms with Gasteiger partial charge in [0.05, 0.1) is 22.9 Å². The third-order valence-corrected chi connectivity index (χ3v) is 3.89. The lowest BCUT2D eigenvalue weighted by Crippen LogP contribution is -2.38. The van der Waals surface area contributed by atoms with E-state index in [2.05, 4.69) is 23.1 Å². The maximum Gasteiger partial charge on any atom is 0.101 e. The summed E-state index contributed by atoms with van der Waals surface area (Å²) < 4.78 is 0. The number of rotatable bonds is 3. The van der Waals surface area contributed by atoms with E-state index in [-0.39, 0.29) is 0 Å². The van der Waals surface area contributed by atoms with Gasteiger partial charge in [-0.25, -0.2) is 0 Å². The highest BCUT2D eigenvalue weighted by molar-refractivity contribution is 5.66. The van der Waals surface area contributed by atoms with Crippen LogP contribution in [0.5, 0.6) is 0 Å². The number of benzene rings is 2. The van der Waals surface area contributed by atoms with E-state index in [1.165, 1.54) is 12.0 Å². The molecule has 0 amide bonds. The second-order valence-corrected chi connectivity index (χ2v) is 5.25. The van der Waals surface area contributed by atoms with Crippen molar-refractivity contribution < 1.29 is 0 Å². The molecule has 1 heterocycles. The summed E-state index contributed by atoms with van der Waals surface area (Å²) in [6, 6.07) is 18.0. The van der Waals surface area contributed by atoms with Gasteiger partial charge in [0.25, 0.3) is 0 Å². The second-order valence-electron chi connectivity index (χ2n) is 5.25. The molecule has 1 fully saturated rings. The smallest absolute Gasteiger partial charge is 0.101 e. The molecule has 0 bridgehead atoms. The van der Waals surface area contributed by atoms with Crippen LogP contribution in [-0.2, 0) is 6.42 Å². The van der Waals surface area contributed by atoms with Gasteiger partial charge in [0.1, 0.15) is 6.07 Å². The van der Waals surface area contributed by atoms with Crippen molar-refractivity contribution in [3.8, 4) is 12.1 Å². The molecule has 1 saturated heterocycles. The van der Waals surface area contributed by atoms with E-state index in [4.69, 9.17) is 5.26 Å². The Morgan fingerprint density at radius 3 is 2.29 bits per heavy atom. The Kier molecular flexibility index (Phi) is 3.58. The highest BCUT2D eigenvalue weighted by atomic mass is 15.2. The molecule has 1 aliphatic rings. The lowest BCUT2D eigenvalue weighted by Gasteiger charge is -2.35. The molecule has 102 valence electrons. The van der Waals surface area contributed by atoms with Gasteiger partial charge < -0.3 is 4.90 Å². The van der Waals surface area contributed by atoms with Crippen molar-refractivity contribution in [1.82, 2.24) is 0 Å². The molecule has 0 radical (unpaired) electrons. The summed E-state index contributed by atoms with van der Waals surface area (Å²) in [4.78, 5) is 2.28. The molecule has 0 spiro atoms. The first-order valence-electron chi connectivity index (χ1n) is 7.08. The van der Waals surface area contributed by atoms with Crippen molar-refractivity contribution in [3.63, 3.8) is 0 Å². The van der Waals surface area contributed by atoms with Gasteiger partial charge in [-0.1, -0.05) is 24.3 Å². The van der Waals surface area contributed by atoms with Crippen LogP contribution in [-0.4, -0.2) is 13.1 Å². The summed E-state index contributed by atoms with van der Waals surface area (Å²) in [5.74, 6) is 0. The first-order valence-corrected chi connectivity index (χ1v) is 7.08. The standard InChI is InChI=1S/C18H15N3/c19-12-15-7-5-14(6-8-15)11-16-3-1-4-17(13-20)18(16)21-9-2-10-21/h1,3-8H,2,9-11H2. The molecule has 0 aromatic heterocycles. The van der Waals surface area contributed by atoms with Gasteiger partial charge in [-0.15, -0.1) is 0 Å². The summed E-state index contributed by atoms with van der Waals surface area (Å²) in [5, 5.41) is 18.2. The van der Waals surface area contributed by atoms with E-state index in [0.717, 1.165) is 36.3 Å². The van der Waals surface area contributed by atoms with Gasteiger partial charge in [-0.05, 0) is 42.2 Å². The molecule has 3 rings (SSSR count). The minimum Gasteiger partial charge on any atom is -0.370 e. The zero-order valence-corrected chi connectivity index (χ0v) is 11.7. The van der Waals surface area contributed by atoms with Crippen LogP contribution >= 0.6 is 0 Å². The highest BCUT2D eigenvalue weighted by Gasteiger charge is 2.20. The van der Waals surface area contributed by atoms with E-state index in [0.29, 0.717) is 5.56 Å². The van der Waals surface area contributed by atoms with Crippen LogP contribution in [0, 0.1) is 22.7 Å². The molecule has 2 aromatic rings. The van der Waals surface area contributed by atoms with Gasteiger partial charge in [0.15, 0.2) is 0 Å². The monoisotopic (exact) mass is 273 g/mol. The lowest BCUT2D eigenvalue weighted by molar-refractivity contribution is 0.615. The fourth-order valence-corrected chi connectivity index (χ4v) is 2.65. The summed E-state index contributed by atoms with van der Waals surface area (Å²) in [6.45, 7) is 2.05. The Balaban J connectivity index is 1.94. The first kappa shape index (κ1) is 13.2. The van der Waals surface area contributed by atoms with Crippen LogP contribution in [0.4, 0.5) is 5.69 Å². The van der Waals surface area contributed by atoms with Crippen molar-refractivity contribution in [2.75, 3.05) is 18.0 Å². The molecule has 21 heavy (non-hydrogen) atoms. The highest BCUT2D eigenvalue weighted by Crippen LogP contribution is 2.30. The van der Waals surface area contributed by atoms with Gasteiger partial charge >= 0.3 is 0 Å². The molecular formula is C18H15N3. The third kappa shape index (κ3) is 2.59. The molecule has 1 aliphatic heterocycles. The van der Waals surface area contributed by atoms with E-state index in [1.807, 2.05) is 36.4 Å². The van der Waals surface area contributed by atoms with Gasteiger partial charge in [-0.3, -0.25) is 0 Å². The summed E-state index contributed by atoms with van der Waals surface area (Å²) in [5.41, 5.74) is 4.84. The van der Waals surface area contributed by atoms with Crippen LogP contribution in [0.25, 0.3) is 0 Å². The van der Waals surface area contributed by atoms with Crippen molar-refractivity contribution in [3.05, 3.63) is 64.7 Å². The zero-order valence-electron chi connectivity index (χ0n) is 11.7. The molecule has 3 heteroatoms. The molecule has 3 nitrogen and oxygen atoms in total. The molecule has 0 atom stereocenters. The quantitative estimate of drug-likeness (QED) is 0.862. The fraction of sp³-hybridized carbons (Fsp3) is 0.222. The average molecular weight is 273 g/mol. The maximum atomic E-state index is 9.33. The predicted molar refractivity (Wildman–Crippen MR) is 82.0 cm³/mol. The number of para-hydroxylation sites is 1. The van der Waals surface area contributed by atoms with Crippen molar-refractivity contribution >= 4 is 5.69 Å². The van der Waals surface area contributed by atoms with Crippen LogP contribution in [0.2, 0.25) is 0 Å². The Bertz CT molecular complexity index is 729. The molecule has 0 unspecified atom stereocenters. The Morgan fingerprint density at radius 1 is 0.952 bits per heavy atom. The molecule has 0 N–H and O–H groups in total. The Hall–Kier alpha value is -2.78. The van der Waals surface area contributed by atoms with Crippen LogP contribution in [0.3, 0.4) is 0 Å².